The lowest BCUT2D eigenvalue weighted by Crippen LogP contribution is -2.56. The molecule has 2 amide bonds. The van der Waals surface area contributed by atoms with Gasteiger partial charge in [-0.1, -0.05) is 61.4 Å². The Labute approximate surface area is 205 Å². The van der Waals surface area contributed by atoms with E-state index in [4.69, 9.17) is 4.74 Å². The molecule has 2 aliphatic rings. The van der Waals surface area contributed by atoms with Gasteiger partial charge in [-0.25, -0.2) is 4.79 Å². The highest BCUT2D eigenvalue weighted by Gasteiger charge is 2.34. The van der Waals surface area contributed by atoms with Gasteiger partial charge in [0, 0.05) is 18.5 Å². The molecule has 35 heavy (non-hydrogen) atoms. The van der Waals surface area contributed by atoms with E-state index in [0.29, 0.717) is 12.8 Å². The normalized spacial score (nSPS) is 20.0. The van der Waals surface area contributed by atoms with Crippen LogP contribution >= 0.6 is 0 Å². The minimum Gasteiger partial charge on any atom is -0.481 e. The second-order valence-electron chi connectivity index (χ2n) is 9.63. The number of alkyl carbamates (subject to hydrolysis) is 1. The van der Waals surface area contributed by atoms with Crippen LogP contribution in [-0.4, -0.2) is 67.3 Å². The van der Waals surface area contributed by atoms with Gasteiger partial charge in [0.1, 0.15) is 12.6 Å². The summed E-state index contributed by atoms with van der Waals surface area (Å²) in [6, 6.07) is 14.9. The average Bonchev–Trinajstić information content (AvgIpc) is 3.16. The first-order chi connectivity index (χ1) is 16.8. The van der Waals surface area contributed by atoms with Crippen molar-refractivity contribution < 1.29 is 24.2 Å². The number of hydrogen-bond donors (Lipinski definition) is 3. The summed E-state index contributed by atoms with van der Waals surface area (Å²) < 4.78 is 5.61. The topological polar surface area (TPSA) is 108 Å². The molecule has 0 heterocycles. The lowest BCUT2D eigenvalue weighted by Gasteiger charge is -2.31. The van der Waals surface area contributed by atoms with E-state index in [1.807, 2.05) is 36.4 Å². The highest BCUT2D eigenvalue weighted by Crippen LogP contribution is 2.44. The van der Waals surface area contributed by atoms with Crippen molar-refractivity contribution in [1.29, 1.82) is 0 Å². The average molecular weight is 480 g/mol. The highest BCUT2D eigenvalue weighted by atomic mass is 16.5. The highest BCUT2D eigenvalue weighted by molar-refractivity contribution is 5.87. The van der Waals surface area contributed by atoms with E-state index in [2.05, 4.69) is 22.8 Å². The Morgan fingerprint density at radius 1 is 1.00 bits per heavy atom. The largest absolute Gasteiger partial charge is 0.481 e. The summed E-state index contributed by atoms with van der Waals surface area (Å²) >= 11 is 0. The monoisotopic (exact) mass is 479 g/mol. The lowest BCUT2D eigenvalue weighted by molar-refractivity contribution is -0.144. The zero-order chi connectivity index (χ0) is 24.9. The number of carboxylic acid groups (broad SMARTS) is 1. The molecule has 3 atom stereocenters. The number of carbonyl (C=O) groups is 3. The number of aliphatic carboxylic acids is 1. The van der Waals surface area contributed by atoms with Crippen LogP contribution in [0.5, 0.6) is 0 Å². The molecule has 8 heteroatoms. The number of likely N-dealkylation sites (N-methyl/N-ethyl adjacent to an activating group) is 1. The second-order valence-corrected chi connectivity index (χ2v) is 9.63. The predicted molar refractivity (Wildman–Crippen MR) is 132 cm³/mol. The summed E-state index contributed by atoms with van der Waals surface area (Å²) in [7, 11) is 3.61. The Bertz CT molecular complexity index is 1040. The number of amides is 2. The fraction of sp³-hybridized carbons (Fsp3) is 0.444. The molecule has 1 fully saturated rings. The smallest absolute Gasteiger partial charge is 0.407 e. The second kappa shape index (κ2) is 10.9. The van der Waals surface area contributed by atoms with Gasteiger partial charge < -0.3 is 25.4 Å². The molecule has 8 nitrogen and oxygen atoms in total. The lowest BCUT2D eigenvalue weighted by atomic mass is 9.84. The van der Waals surface area contributed by atoms with Gasteiger partial charge in [-0.3, -0.25) is 9.59 Å². The van der Waals surface area contributed by atoms with Crippen LogP contribution in [0.2, 0.25) is 0 Å². The minimum absolute atomic E-state index is 0.0761. The van der Waals surface area contributed by atoms with E-state index in [9.17, 15) is 19.5 Å². The molecular weight excluding hydrogens is 446 g/mol. The molecule has 1 saturated carbocycles. The van der Waals surface area contributed by atoms with Crippen LogP contribution < -0.4 is 10.6 Å². The number of ether oxygens (including phenoxy) is 1. The van der Waals surface area contributed by atoms with Crippen LogP contribution in [0.3, 0.4) is 0 Å². The standard InChI is InChI=1S/C27H33N3O5/c1-30(2)15-24(25(31)28-23-14-8-7-13-21(23)26(32)33)29-27(34)35-16-22-19-11-5-3-9-17(19)18-10-4-6-12-20(18)22/h3-6,9-12,21-24H,7-8,13-16H2,1-2H3,(H,28,31)(H,29,34)(H,32,33)/t21-,23+,24?/m1/s1. The van der Waals surface area contributed by atoms with Gasteiger partial charge in [0.05, 0.1) is 5.92 Å². The molecule has 0 saturated heterocycles. The first kappa shape index (κ1) is 24.7. The maximum absolute atomic E-state index is 13.0. The third-order valence-corrected chi connectivity index (χ3v) is 6.91. The number of fused-ring (bicyclic) bond motifs is 3. The number of hydrogen-bond acceptors (Lipinski definition) is 5. The summed E-state index contributed by atoms with van der Waals surface area (Å²) in [5.41, 5.74) is 4.51. The van der Waals surface area contributed by atoms with Crippen molar-refractivity contribution in [3.8, 4) is 11.1 Å². The molecule has 0 aliphatic heterocycles. The molecule has 0 bridgehead atoms. The van der Waals surface area contributed by atoms with Crippen molar-refractivity contribution >= 4 is 18.0 Å². The summed E-state index contributed by atoms with van der Waals surface area (Å²) in [6.45, 7) is 0.417. The summed E-state index contributed by atoms with van der Waals surface area (Å²) in [4.78, 5) is 39.2. The van der Waals surface area contributed by atoms with Crippen molar-refractivity contribution in [2.45, 2.75) is 43.7 Å². The number of nitrogens with zero attached hydrogens (tertiary/aromatic N) is 1. The van der Waals surface area contributed by atoms with E-state index in [0.717, 1.165) is 35.1 Å². The number of nitrogens with one attached hydrogen (secondary N) is 2. The molecule has 3 N–H and O–H groups in total. The fourth-order valence-corrected chi connectivity index (χ4v) is 5.22. The van der Waals surface area contributed by atoms with Gasteiger partial charge in [-0.05, 0) is 49.2 Å². The Hall–Kier alpha value is -3.39. The number of benzene rings is 2. The van der Waals surface area contributed by atoms with Gasteiger partial charge in [0.25, 0.3) is 0 Å². The number of carbonyl (C=O) groups excluding carboxylic acids is 2. The van der Waals surface area contributed by atoms with E-state index in [1.54, 1.807) is 19.0 Å². The molecule has 4 rings (SSSR count). The van der Waals surface area contributed by atoms with E-state index < -0.39 is 36.0 Å². The van der Waals surface area contributed by atoms with Crippen molar-refractivity contribution in [2.24, 2.45) is 5.92 Å². The van der Waals surface area contributed by atoms with Crippen molar-refractivity contribution in [2.75, 3.05) is 27.2 Å². The number of carboxylic acids is 1. The molecule has 1 unspecified atom stereocenters. The van der Waals surface area contributed by atoms with Crippen LogP contribution in [0.4, 0.5) is 4.79 Å². The van der Waals surface area contributed by atoms with E-state index in [1.165, 1.54) is 0 Å². The molecule has 0 spiro atoms. The Morgan fingerprint density at radius 3 is 2.20 bits per heavy atom. The Kier molecular flexibility index (Phi) is 7.70. The van der Waals surface area contributed by atoms with Crippen molar-refractivity contribution in [1.82, 2.24) is 15.5 Å². The van der Waals surface area contributed by atoms with Gasteiger partial charge >= 0.3 is 12.1 Å². The van der Waals surface area contributed by atoms with Gasteiger partial charge in [0.15, 0.2) is 0 Å². The first-order valence-corrected chi connectivity index (χ1v) is 12.1. The van der Waals surface area contributed by atoms with Crippen LogP contribution in [0.25, 0.3) is 11.1 Å². The van der Waals surface area contributed by atoms with E-state index in [-0.39, 0.29) is 19.1 Å². The SMILES string of the molecule is CN(C)CC(NC(=O)OCC1c2ccccc2-c2ccccc21)C(=O)N[C@H]1CCCC[C@H]1C(=O)O. The Morgan fingerprint density at radius 2 is 1.60 bits per heavy atom. The minimum atomic E-state index is -0.899. The predicted octanol–water partition coefficient (Wildman–Crippen LogP) is 3.21. The zero-order valence-electron chi connectivity index (χ0n) is 20.2. The maximum atomic E-state index is 13.0. The van der Waals surface area contributed by atoms with Gasteiger partial charge in [0.2, 0.25) is 5.91 Å². The van der Waals surface area contributed by atoms with Gasteiger partial charge in [-0.15, -0.1) is 0 Å². The maximum Gasteiger partial charge on any atom is 0.407 e. The molecule has 2 aromatic carbocycles. The molecular formula is C27H33N3O5. The summed E-state index contributed by atoms with van der Waals surface area (Å²) in [5, 5.41) is 15.1. The third kappa shape index (κ3) is 5.65. The first-order valence-electron chi connectivity index (χ1n) is 12.1. The molecule has 2 aromatic rings. The van der Waals surface area contributed by atoms with Gasteiger partial charge in [-0.2, -0.15) is 0 Å². The van der Waals surface area contributed by atoms with Crippen LogP contribution in [0.1, 0.15) is 42.7 Å². The zero-order valence-corrected chi connectivity index (χ0v) is 20.2. The van der Waals surface area contributed by atoms with Crippen LogP contribution in [0.15, 0.2) is 48.5 Å². The molecule has 186 valence electrons. The molecule has 2 aliphatic carbocycles. The fourth-order valence-electron chi connectivity index (χ4n) is 5.22. The van der Waals surface area contributed by atoms with Crippen molar-refractivity contribution in [3.63, 3.8) is 0 Å². The Balaban J connectivity index is 1.40. The summed E-state index contributed by atoms with van der Waals surface area (Å²) in [6.07, 6.45) is 2.18. The third-order valence-electron chi connectivity index (χ3n) is 6.91. The molecule has 0 radical (unpaired) electrons. The summed E-state index contributed by atoms with van der Waals surface area (Å²) in [5.74, 6) is -1.98. The van der Waals surface area contributed by atoms with E-state index >= 15 is 0 Å². The number of rotatable bonds is 8. The molecule has 0 aromatic heterocycles. The quantitative estimate of drug-likeness (QED) is 0.537. The van der Waals surface area contributed by atoms with Crippen LogP contribution in [0, 0.1) is 5.92 Å². The van der Waals surface area contributed by atoms with Crippen molar-refractivity contribution in [3.05, 3.63) is 59.7 Å². The van der Waals surface area contributed by atoms with Crippen LogP contribution in [-0.2, 0) is 14.3 Å².